The number of hydrogen-bond donors (Lipinski definition) is 1. The van der Waals surface area contributed by atoms with E-state index in [9.17, 15) is 4.79 Å². The first kappa shape index (κ1) is 8.72. The summed E-state index contributed by atoms with van der Waals surface area (Å²) in [6, 6.07) is 0. The molecule has 0 bridgehead atoms. The van der Waals surface area contributed by atoms with Gasteiger partial charge in [0.05, 0.1) is 12.0 Å². The Balaban J connectivity index is 2.41. The van der Waals surface area contributed by atoms with Gasteiger partial charge in [-0.15, -0.1) is 0 Å². The third-order valence-electron chi connectivity index (χ3n) is 2.73. The number of Topliss-reactive ketones (excluding diaryl/α,β-unsaturated/α-hetero) is 1. The Bertz CT molecular complexity index is 150. The second-order valence-electron chi connectivity index (χ2n) is 3.47. The van der Waals surface area contributed by atoms with Gasteiger partial charge < -0.3 is 5.11 Å². The molecule has 1 fully saturated rings. The molecule has 0 radical (unpaired) electrons. The van der Waals surface area contributed by atoms with Crippen molar-refractivity contribution < 1.29 is 9.90 Å². The van der Waals surface area contributed by atoms with Crippen molar-refractivity contribution in [1.82, 2.24) is 0 Å². The van der Waals surface area contributed by atoms with E-state index < -0.39 is 0 Å². The van der Waals surface area contributed by atoms with Crippen molar-refractivity contribution in [3.8, 4) is 0 Å². The molecule has 1 N–H and O–H groups in total. The Kier molecular flexibility index (Phi) is 2.66. The maximum absolute atomic E-state index is 11.1. The van der Waals surface area contributed by atoms with Gasteiger partial charge in [-0.25, -0.2) is 0 Å². The highest BCUT2D eigenvalue weighted by molar-refractivity contribution is 5.90. The Morgan fingerprint density at radius 2 is 2.36 bits per heavy atom. The predicted molar refractivity (Wildman–Crippen MR) is 43.3 cm³/mol. The van der Waals surface area contributed by atoms with Crippen LogP contribution in [-0.2, 0) is 4.79 Å². The lowest BCUT2D eigenvalue weighted by Gasteiger charge is -2.38. The molecule has 1 aliphatic carbocycles. The number of carbonyl (C=O) groups excluding carboxylic acids is 1. The van der Waals surface area contributed by atoms with E-state index in [-0.39, 0.29) is 17.8 Å². The van der Waals surface area contributed by atoms with E-state index in [4.69, 9.17) is 5.11 Å². The van der Waals surface area contributed by atoms with Crippen LogP contribution in [0.4, 0.5) is 0 Å². The van der Waals surface area contributed by atoms with E-state index in [0.717, 1.165) is 25.7 Å². The van der Waals surface area contributed by atoms with E-state index >= 15 is 0 Å². The fourth-order valence-corrected chi connectivity index (χ4v) is 1.61. The molecule has 1 rings (SSSR count). The summed E-state index contributed by atoms with van der Waals surface area (Å²) in [7, 11) is 0. The molecule has 0 aromatic rings. The highest BCUT2D eigenvalue weighted by Gasteiger charge is 2.44. The van der Waals surface area contributed by atoms with Crippen LogP contribution in [0.25, 0.3) is 0 Å². The number of carbonyl (C=O) groups is 1. The molecular formula is C9H16O2. The summed E-state index contributed by atoms with van der Waals surface area (Å²) in [5, 5.41) is 9.01. The number of aliphatic hydroxyl groups excluding tert-OH is 1. The molecule has 1 aliphatic rings. The van der Waals surface area contributed by atoms with Crippen LogP contribution in [0, 0.1) is 5.41 Å². The smallest absolute Gasteiger partial charge is 0.141 e. The van der Waals surface area contributed by atoms with E-state index in [2.05, 4.69) is 6.92 Å². The number of ketones is 1. The maximum atomic E-state index is 11.1. The van der Waals surface area contributed by atoms with E-state index in [0.29, 0.717) is 6.42 Å². The lowest BCUT2D eigenvalue weighted by molar-refractivity contribution is -0.142. The number of unbranched alkanes of at least 4 members (excludes halogenated alkanes) is 1. The molecule has 0 aromatic carbocycles. The Hall–Kier alpha value is -0.370. The first-order valence-electron chi connectivity index (χ1n) is 4.39. The second kappa shape index (κ2) is 3.35. The largest absolute Gasteiger partial charge is 0.395 e. The van der Waals surface area contributed by atoms with Gasteiger partial charge in [0.25, 0.3) is 0 Å². The summed E-state index contributed by atoms with van der Waals surface area (Å²) in [5.41, 5.74) is -0.310. The standard InChI is InChI=1S/C9H16O2/c1-2-3-5-9(7-10)6-4-8(9)11/h10H,2-7H2,1H3/t9-/m0/s1. The van der Waals surface area contributed by atoms with Crippen LogP contribution in [0.1, 0.15) is 39.0 Å². The number of rotatable bonds is 4. The van der Waals surface area contributed by atoms with Crippen molar-refractivity contribution in [3.05, 3.63) is 0 Å². The predicted octanol–water partition coefficient (Wildman–Crippen LogP) is 1.52. The third-order valence-corrected chi connectivity index (χ3v) is 2.73. The van der Waals surface area contributed by atoms with Gasteiger partial charge in [0, 0.05) is 6.42 Å². The molecule has 0 spiro atoms. The van der Waals surface area contributed by atoms with Crippen LogP contribution in [0.5, 0.6) is 0 Å². The van der Waals surface area contributed by atoms with Crippen molar-refractivity contribution in [2.24, 2.45) is 5.41 Å². The summed E-state index contributed by atoms with van der Waals surface area (Å²) < 4.78 is 0. The maximum Gasteiger partial charge on any atom is 0.141 e. The fraction of sp³-hybridized carbons (Fsp3) is 0.889. The minimum absolute atomic E-state index is 0.0613. The van der Waals surface area contributed by atoms with Crippen molar-refractivity contribution >= 4 is 5.78 Å². The van der Waals surface area contributed by atoms with Crippen molar-refractivity contribution in [3.63, 3.8) is 0 Å². The normalized spacial score (nSPS) is 30.2. The van der Waals surface area contributed by atoms with Gasteiger partial charge in [-0.3, -0.25) is 4.79 Å². The summed E-state index contributed by atoms with van der Waals surface area (Å²) in [6.45, 7) is 2.17. The molecule has 0 aromatic heterocycles. The van der Waals surface area contributed by atoms with Crippen molar-refractivity contribution in [1.29, 1.82) is 0 Å². The van der Waals surface area contributed by atoms with Gasteiger partial charge in [0.1, 0.15) is 5.78 Å². The zero-order chi connectivity index (χ0) is 8.32. The van der Waals surface area contributed by atoms with Crippen LogP contribution in [-0.4, -0.2) is 17.5 Å². The molecule has 64 valence electrons. The van der Waals surface area contributed by atoms with Gasteiger partial charge >= 0.3 is 0 Å². The zero-order valence-corrected chi connectivity index (χ0v) is 7.10. The fourth-order valence-electron chi connectivity index (χ4n) is 1.61. The van der Waals surface area contributed by atoms with Crippen LogP contribution in [0.15, 0.2) is 0 Å². The highest BCUT2D eigenvalue weighted by Crippen LogP contribution is 2.41. The Morgan fingerprint density at radius 1 is 1.64 bits per heavy atom. The molecule has 0 aliphatic heterocycles. The van der Waals surface area contributed by atoms with Crippen LogP contribution in [0.2, 0.25) is 0 Å². The average Bonchev–Trinajstić information content (AvgIpc) is 2.04. The SMILES string of the molecule is CCCC[C@@]1(CO)CCC1=O. The Morgan fingerprint density at radius 3 is 2.64 bits per heavy atom. The van der Waals surface area contributed by atoms with Crippen LogP contribution in [0.3, 0.4) is 0 Å². The van der Waals surface area contributed by atoms with Gasteiger partial charge in [-0.1, -0.05) is 19.8 Å². The quantitative estimate of drug-likeness (QED) is 0.670. The molecule has 2 nitrogen and oxygen atoms in total. The molecular weight excluding hydrogens is 140 g/mol. The van der Waals surface area contributed by atoms with E-state index in [1.54, 1.807) is 0 Å². The third kappa shape index (κ3) is 1.45. The minimum atomic E-state index is -0.310. The van der Waals surface area contributed by atoms with Gasteiger partial charge in [-0.05, 0) is 12.8 Å². The molecule has 0 heterocycles. The van der Waals surface area contributed by atoms with Crippen molar-refractivity contribution in [2.45, 2.75) is 39.0 Å². The summed E-state index contributed by atoms with van der Waals surface area (Å²) in [4.78, 5) is 11.1. The molecule has 11 heavy (non-hydrogen) atoms. The summed E-state index contributed by atoms with van der Waals surface area (Å²) in [5.74, 6) is 0.272. The molecule has 1 atom stereocenters. The summed E-state index contributed by atoms with van der Waals surface area (Å²) in [6.07, 6.45) is 4.65. The topological polar surface area (TPSA) is 37.3 Å². The molecule has 0 amide bonds. The lowest BCUT2D eigenvalue weighted by atomic mass is 9.65. The van der Waals surface area contributed by atoms with E-state index in [1.165, 1.54) is 0 Å². The second-order valence-corrected chi connectivity index (χ2v) is 3.47. The highest BCUT2D eigenvalue weighted by atomic mass is 16.3. The first-order chi connectivity index (χ1) is 5.25. The number of hydrogen-bond acceptors (Lipinski definition) is 2. The summed E-state index contributed by atoms with van der Waals surface area (Å²) >= 11 is 0. The van der Waals surface area contributed by atoms with Crippen LogP contribution < -0.4 is 0 Å². The average molecular weight is 156 g/mol. The zero-order valence-electron chi connectivity index (χ0n) is 7.10. The molecule has 1 saturated carbocycles. The van der Waals surface area contributed by atoms with Crippen LogP contribution >= 0.6 is 0 Å². The minimum Gasteiger partial charge on any atom is -0.395 e. The molecule has 0 unspecified atom stereocenters. The van der Waals surface area contributed by atoms with Gasteiger partial charge in [0.15, 0.2) is 0 Å². The van der Waals surface area contributed by atoms with Gasteiger partial charge in [0.2, 0.25) is 0 Å². The number of aliphatic hydroxyl groups is 1. The molecule has 0 saturated heterocycles. The lowest BCUT2D eigenvalue weighted by Crippen LogP contribution is -2.43. The van der Waals surface area contributed by atoms with Gasteiger partial charge in [-0.2, -0.15) is 0 Å². The first-order valence-corrected chi connectivity index (χ1v) is 4.39. The van der Waals surface area contributed by atoms with E-state index in [1.807, 2.05) is 0 Å². The van der Waals surface area contributed by atoms with Crippen molar-refractivity contribution in [2.75, 3.05) is 6.61 Å². The Labute approximate surface area is 67.6 Å². The monoisotopic (exact) mass is 156 g/mol. The molecule has 2 heteroatoms.